The fourth-order valence-corrected chi connectivity index (χ4v) is 3.34. The molecule has 0 N–H and O–H groups in total. The molecule has 1 fully saturated rings. The lowest BCUT2D eigenvalue weighted by atomic mass is 10.2. The molecule has 1 aliphatic rings. The molecule has 1 unspecified atom stereocenters. The summed E-state index contributed by atoms with van der Waals surface area (Å²) in [6.45, 7) is 1.76. The van der Waals surface area contributed by atoms with Gasteiger partial charge in [0.1, 0.15) is 0 Å². The van der Waals surface area contributed by atoms with Crippen LogP contribution in [-0.2, 0) is 14.3 Å². The van der Waals surface area contributed by atoms with Crippen LogP contribution in [0.15, 0.2) is 12.3 Å². The van der Waals surface area contributed by atoms with E-state index in [2.05, 4.69) is 4.98 Å². The van der Waals surface area contributed by atoms with Gasteiger partial charge in [0.05, 0.1) is 18.4 Å². The number of hydrogen-bond acceptors (Lipinski definition) is 6. The van der Waals surface area contributed by atoms with Gasteiger partial charge in [-0.1, -0.05) is 23.4 Å². The van der Waals surface area contributed by atoms with Gasteiger partial charge >= 0.3 is 5.97 Å². The van der Waals surface area contributed by atoms with Crippen molar-refractivity contribution in [3.05, 3.63) is 23.0 Å². The number of amides is 1. The first kappa shape index (κ1) is 15.8. The Hall–Kier alpha value is -1.60. The summed E-state index contributed by atoms with van der Waals surface area (Å²) >= 11 is 7.15. The number of halogens is 1. The van der Waals surface area contributed by atoms with Crippen LogP contribution in [0.2, 0.25) is 5.15 Å². The standard InChI is InChI=1S/C13H13ClN2O4S/c1-7(17)21-8-5-10(18)16(6-8)11-9(13(19)20-2)3-4-15-12(11)14/h3-4,8H,5-6H2,1-2H3. The molecule has 1 amide bonds. The average Bonchev–Trinajstić information content (AvgIpc) is 2.77. The molecule has 6 nitrogen and oxygen atoms in total. The molecular formula is C13H13ClN2O4S. The maximum Gasteiger partial charge on any atom is 0.340 e. The molecule has 2 rings (SSSR count). The third-order valence-corrected chi connectivity index (χ3v) is 4.23. The van der Waals surface area contributed by atoms with E-state index in [9.17, 15) is 14.4 Å². The monoisotopic (exact) mass is 328 g/mol. The van der Waals surface area contributed by atoms with Gasteiger partial charge in [-0.15, -0.1) is 0 Å². The number of aromatic nitrogens is 1. The van der Waals surface area contributed by atoms with Gasteiger partial charge in [0.2, 0.25) is 5.91 Å². The van der Waals surface area contributed by atoms with E-state index in [1.54, 1.807) is 0 Å². The van der Waals surface area contributed by atoms with Crippen LogP contribution in [0.5, 0.6) is 0 Å². The first-order valence-corrected chi connectivity index (χ1v) is 7.40. The number of thioether (sulfide) groups is 1. The normalized spacial score (nSPS) is 18.0. The van der Waals surface area contributed by atoms with Crippen molar-refractivity contribution in [2.24, 2.45) is 0 Å². The van der Waals surface area contributed by atoms with Gasteiger partial charge in [-0.3, -0.25) is 9.59 Å². The fourth-order valence-electron chi connectivity index (χ4n) is 2.16. The number of anilines is 1. The Morgan fingerprint density at radius 3 is 2.86 bits per heavy atom. The number of rotatable bonds is 3. The molecule has 1 saturated heterocycles. The summed E-state index contributed by atoms with van der Waals surface area (Å²) in [5.41, 5.74) is 0.419. The third-order valence-electron chi connectivity index (χ3n) is 2.98. The summed E-state index contributed by atoms with van der Waals surface area (Å²) in [6.07, 6.45) is 1.59. The minimum Gasteiger partial charge on any atom is -0.465 e. The van der Waals surface area contributed by atoms with Gasteiger partial charge in [0, 0.05) is 31.3 Å². The predicted molar refractivity (Wildman–Crippen MR) is 79.6 cm³/mol. The van der Waals surface area contributed by atoms with Crippen molar-refractivity contribution in [2.45, 2.75) is 18.6 Å². The van der Waals surface area contributed by atoms with Crippen molar-refractivity contribution >= 4 is 46.0 Å². The molecule has 21 heavy (non-hydrogen) atoms. The summed E-state index contributed by atoms with van der Waals surface area (Å²) in [5, 5.41) is -0.156. The zero-order chi connectivity index (χ0) is 15.6. The van der Waals surface area contributed by atoms with Crippen molar-refractivity contribution < 1.29 is 19.1 Å². The largest absolute Gasteiger partial charge is 0.465 e. The maximum absolute atomic E-state index is 12.1. The quantitative estimate of drug-likeness (QED) is 0.623. The smallest absolute Gasteiger partial charge is 0.340 e. The van der Waals surface area contributed by atoms with Crippen molar-refractivity contribution in [1.82, 2.24) is 4.98 Å². The van der Waals surface area contributed by atoms with E-state index >= 15 is 0 Å². The molecule has 0 aromatic carbocycles. The van der Waals surface area contributed by atoms with Gasteiger partial charge in [0.15, 0.2) is 10.3 Å². The van der Waals surface area contributed by atoms with Crippen molar-refractivity contribution in [1.29, 1.82) is 0 Å². The van der Waals surface area contributed by atoms with Crippen LogP contribution < -0.4 is 4.90 Å². The number of hydrogen-bond donors (Lipinski definition) is 0. The zero-order valence-electron chi connectivity index (χ0n) is 11.5. The fraction of sp³-hybridized carbons (Fsp3) is 0.385. The van der Waals surface area contributed by atoms with E-state index in [0.717, 1.165) is 11.8 Å². The molecular weight excluding hydrogens is 316 g/mol. The van der Waals surface area contributed by atoms with Crippen LogP contribution >= 0.6 is 23.4 Å². The predicted octanol–water partition coefficient (Wildman–Crippen LogP) is 1.91. The first-order valence-electron chi connectivity index (χ1n) is 6.14. The Morgan fingerprint density at radius 1 is 1.52 bits per heavy atom. The minimum atomic E-state index is -0.593. The van der Waals surface area contributed by atoms with E-state index in [0.29, 0.717) is 6.54 Å². The Balaban J connectivity index is 2.36. The second-order valence-electron chi connectivity index (χ2n) is 4.43. The lowest BCUT2D eigenvalue weighted by molar-refractivity contribution is -0.117. The lowest BCUT2D eigenvalue weighted by Crippen LogP contribution is -2.27. The molecule has 112 valence electrons. The molecule has 1 aromatic heterocycles. The Kier molecular flexibility index (Phi) is 4.84. The summed E-state index contributed by atoms with van der Waals surface area (Å²) in [4.78, 5) is 40.4. The molecule has 8 heteroatoms. The number of carbonyl (C=O) groups is 3. The molecule has 2 heterocycles. The van der Waals surface area contributed by atoms with Crippen LogP contribution in [0, 0.1) is 0 Å². The van der Waals surface area contributed by atoms with Crippen molar-refractivity contribution in [3.63, 3.8) is 0 Å². The summed E-state index contributed by atoms with van der Waals surface area (Å²) in [5.74, 6) is -0.793. The maximum atomic E-state index is 12.1. The van der Waals surface area contributed by atoms with Crippen LogP contribution in [-0.4, -0.2) is 40.9 Å². The molecule has 1 aromatic rings. The zero-order valence-corrected chi connectivity index (χ0v) is 13.0. The van der Waals surface area contributed by atoms with Crippen LogP contribution in [0.25, 0.3) is 0 Å². The SMILES string of the molecule is COC(=O)c1ccnc(Cl)c1N1CC(SC(C)=O)CC1=O. The number of nitrogens with zero attached hydrogens (tertiary/aromatic N) is 2. The number of methoxy groups -OCH3 is 1. The molecule has 1 aliphatic heterocycles. The van der Waals surface area contributed by atoms with Gasteiger partial charge in [-0.2, -0.15) is 0 Å². The second-order valence-corrected chi connectivity index (χ2v) is 6.26. The highest BCUT2D eigenvalue weighted by Crippen LogP contribution is 2.34. The Morgan fingerprint density at radius 2 is 2.24 bits per heavy atom. The lowest BCUT2D eigenvalue weighted by Gasteiger charge is -2.20. The van der Waals surface area contributed by atoms with Crippen LogP contribution in [0.3, 0.4) is 0 Å². The molecule has 0 aliphatic carbocycles. The Labute approximate surface area is 130 Å². The molecule has 0 radical (unpaired) electrons. The van der Waals surface area contributed by atoms with Gasteiger partial charge < -0.3 is 9.64 Å². The highest BCUT2D eigenvalue weighted by atomic mass is 35.5. The summed E-state index contributed by atoms with van der Waals surface area (Å²) < 4.78 is 4.70. The number of carbonyl (C=O) groups excluding carboxylic acids is 3. The van der Waals surface area contributed by atoms with E-state index < -0.39 is 5.97 Å². The highest BCUT2D eigenvalue weighted by molar-refractivity contribution is 8.14. The number of pyridine rings is 1. The summed E-state index contributed by atoms with van der Waals surface area (Å²) in [6, 6.07) is 1.45. The molecule has 1 atom stereocenters. The Bertz CT molecular complexity index is 608. The topological polar surface area (TPSA) is 76.6 Å². The molecule has 0 bridgehead atoms. The van der Waals surface area contributed by atoms with Gasteiger partial charge in [-0.05, 0) is 6.07 Å². The second kappa shape index (κ2) is 6.44. The average molecular weight is 329 g/mol. The van der Waals surface area contributed by atoms with E-state index in [1.165, 1.54) is 31.2 Å². The van der Waals surface area contributed by atoms with Gasteiger partial charge in [-0.25, -0.2) is 9.78 Å². The van der Waals surface area contributed by atoms with Crippen LogP contribution in [0.4, 0.5) is 5.69 Å². The molecule has 0 saturated carbocycles. The highest BCUT2D eigenvalue weighted by Gasteiger charge is 2.35. The third kappa shape index (κ3) is 3.36. The summed E-state index contributed by atoms with van der Waals surface area (Å²) in [7, 11) is 1.25. The minimum absolute atomic E-state index is 0.0553. The van der Waals surface area contributed by atoms with Crippen molar-refractivity contribution in [2.75, 3.05) is 18.6 Å². The number of ether oxygens (including phenoxy) is 1. The van der Waals surface area contributed by atoms with E-state index in [-0.39, 0.29) is 39.1 Å². The first-order chi connectivity index (χ1) is 9.93. The molecule has 0 spiro atoms. The van der Waals surface area contributed by atoms with Gasteiger partial charge in [0.25, 0.3) is 0 Å². The van der Waals surface area contributed by atoms with E-state index in [1.807, 2.05) is 0 Å². The van der Waals surface area contributed by atoms with Crippen LogP contribution in [0.1, 0.15) is 23.7 Å². The van der Waals surface area contributed by atoms with Crippen molar-refractivity contribution in [3.8, 4) is 0 Å². The van der Waals surface area contributed by atoms with E-state index in [4.69, 9.17) is 16.3 Å². The number of esters is 1.